The van der Waals surface area contributed by atoms with Crippen LogP contribution in [0.4, 0.5) is 11.4 Å². The van der Waals surface area contributed by atoms with E-state index in [1.807, 2.05) is 36.1 Å². The number of carbonyl (C=O) groups excluding carboxylic acids is 2. The fourth-order valence-corrected chi connectivity index (χ4v) is 7.28. The molecule has 0 saturated heterocycles. The Kier molecular flexibility index (Phi) is 5.21. The molecule has 2 aromatic rings. The number of Topliss-reactive ketones (excluding diaryl/α,β-unsaturated/α-hetero) is 1. The van der Waals surface area contributed by atoms with Crippen molar-refractivity contribution >= 4 is 33.1 Å². The summed E-state index contributed by atoms with van der Waals surface area (Å²) in [5.41, 5.74) is 3.62. The number of hydrogen-bond acceptors (Lipinski definition) is 4. The van der Waals surface area contributed by atoms with Crippen molar-refractivity contribution in [3.63, 3.8) is 0 Å². The number of benzene rings is 2. The van der Waals surface area contributed by atoms with Gasteiger partial charge in [0.05, 0.1) is 6.26 Å². The van der Waals surface area contributed by atoms with E-state index in [1.54, 1.807) is 18.2 Å². The van der Waals surface area contributed by atoms with Crippen LogP contribution in [0.25, 0.3) is 0 Å². The lowest BCUT2D eigenvalue weighted by Crippen LogP contribution is -2.40. The first kappa shape index (κ1) is 23.7. The second-order valence-electron chi connectivity index (χ2n) is 12.1. The highest BCUT2D eigenvalue weighted by Gasteiger charge is 2.53. The summed E-state index contributed by atoms with van der Waals surface area (Å²) in [5, 5.41) is 0. The third-order valence-corrected chi connectivity index (χ3v) is 10.1. The molecule has 0 unspecified atom stereocenters. The van der Waals surface area contributed by atoms with Crippen molar-refractivity contribution in [1.29, 1.82) is 0 Å². The minimum atomic E-state index is -3.40. The zero-order chi connectivity index (χ0) is 25.3. The van der Waals surface area contributed by atoms with Crippen LogP contribution >= 0.6 is 0 Å². The van der Waals surface area contributed by atoms with Crippen LogP contribution in [-0.2, 0) is 15.4 Å². The molecule has 1 heterocycles. The van der Waals surface area contributed by atoms with Crippen molar-refractivity contribution in [2.45, 2.75) is 70.1 Å². The van der Waals surface area contributed by atoms with Crippen LogP contribution in [0.2, 0.25) is 0 Å². The molecule has 1 N–H and O–H groups in total. The molecule has 0 atom stereocenters. The molecule has 3 fully saturated rings. The Hall–Kier alpha value is -2.67. The third-order valence-electron chi connectivity index (χ3n) is 9.47. The van der Waals surface area contributed by atoms with Gasteiger partial charge in [0, 0.05) is 39.9 Å². The zero-order valence-electron chi connectivity index (χ0n) is 21.1. The number of sulfonamides is 1. The molecule has 3 aliphatic carbocycles. The summed E-state index contributed by atoms with van der Waals surface area (Å²) < 4.78 is 26.4. The molecule has 1 aliphatic heterocycles. The molecule has 3 saturated carbocycles. The van der Waals surface area contributed by atoms with Crippen molar-refractivity contribution in [2.75, 3.05) is 22.4 Å². The fraction of sp³-hybridized carbons (Fsp3) is 0.517. The largest absolute Gasteiger partial charge is 0.307 e. The standard InChI is InChI=1S/C29H34N2O4S/c1-27(9-4-10-27)25(32)20-5-3-6-21(17-20)26(33)31-19-29(15-13-28(11-12-28)14-16-29)23-18-22(7-8-24(23)31)30-36(2,34)35/h3,5-8,17-18,30H,4,9-16,19H2,1-2H3. The predicted octanol–water partition coefficient (Wildman–Crippen LogP) is 5.68. The summed E-state index contributed by atoms with van der Waals surface area (Å²) in [4.78, 5) is 28.9. The summed E-state index contributed by atoms with van der Waals surface area (Å²) in [6.07, 6.45) is 10.9. The quantitative estimate of drug-likeness (QED) is 0.529. The van der Waals surface area contributed by atoms with Crippen LogP contribution in [0.1, 0.15) is 91.0 Å². The summed E-state index contributed by atoms with van der Waals surface area (Å²) in [5.74, 6) is 0.0252. The number of anilines is 2. The molecule has 0 bridgehead atoms. The highest BCUT2D eigenvalue weighted by Crippen LogP contribution is 2.62. The smallest absolute Gasteiger partial charge is 0.258 e. The molecule has 0 aromatic heterocycles. The lowest BCUT2D eigenvalue weighted by Gasteiger charge is -2.38. The van der Waals surface area contributed by atoms with Crippen LogP contribution in [-0.4, -0.2) is 32.9 Å². The molecule has 6 rings (SSSR count). The average Bonchev–Trinajstić information content (AvgIpc) is 3.53. The number of hydrogen-bond donors (Lipinski definition) is 1. The van der Waals surface area contributed by atoms with Crippen LogP contribution in [0.15, 0.2) is 42.5 Å². The van der Waals surface area contributed by atoms with Gasteiger partial charge in [0.1, 0.15) is 0 Å². The Morgan fingerprint density at radius 2 is 1.56 bits per heavy atom. The molecule has 6 nitrogen and oxygen atoms in total. The highest BCUT2D eigenvalue weighted by atomic mass is 32.2. The summed E-state index contributed by atoms with van der Waals surface area (Å²) in [6, 6.07) is 12.7. The summed E-state index contributed by atoms with van der Waals surface area (Å²) >= 11 is 0. The molecule has 1 amide bonds. The zero-order valence-corrected chi connectivity index (χ0v) is 21.9. The SMILES string of the molecule is CC1(C(=O)c2cccc(C(=O)N3CC4(CCC5(CC5)CC4)c4cc(NS(C)(=O)=O)ccc43)c2)CCC1. The molecule has 36 heavy (non-hydrogen) atoms. The number of fused-ring (bicyclic) bond motifs is 2. The molecule has 0 radical (unpaired) electrons. The molecule has 2 spiro atoms. The number of carbonyl (C=O) groups is 2. The van der Waals surface area contributed by atoms with Gasteiger partial charge in [0.25, 0.3) is 5.91 Å². The maximum absolute atomic E-state index is 13.9. The van der Waals surface area contributed by atoms with Gasteiger partial charge in [-0.05, 0) is 92.7 Å². The van der Waals surface area contributed by atoms with Crippen molar-refractivity contribution in [3.05, 3.63) is 59.2 Å². The van der Waals surface area contributed by atoms with E-state index in [0.29, 0.717) is 28.8 Å². The lowest BCUT2D eigenvalue weighted by atomic mass is 9.66. The first-order valence-electron chi connectivity index (χ1n) is 13.1. The van der Waals surface area contributed by atoms with E-state index in [1.165, 1.54) is 12.8 Å². The number of nitrogens with zero attached hydrogens (tertiary/aromatic N) is 1. The van der Waals surface area contributed by atoms with Gasteiger partial charge in [-0.2, -0.15) is 0 Å². The molecule has 7 heteroatoms. The van der Waals surface area contributed by atoms with Crippen LogP contribution in [0, 0.1) is 10.8 Å². The van der Waals surface area contributed by atoms with E-state index in [4.69, 9.17) is 0 Å². The van der Waals surface area contributed by atoms with Gasteiger partial charge in [-0.1, -0.05) is 25.5 Å². The summed E-state index contributed by atoms with van der Waals surface area (Å²) in [6.45, 7) is 2.61. The Morgan fingerprint density at radius 1 is 0.889 bits per heavy atom. The second kappa shape index (κ2) is 7.91. The van der Waals surface area contributed by atoms with E-state index in [9.17, 15) is 18.0 Å². The third kappa shape index (κ3) is 3.96. The first-order valence-corrected chi connectivity index (χ1v) is 15.0. The maximum atomic E-state index is 13.9. The number of ketones is 1. The van der Waals surface area contributed by atoms with Crippen LogP contribution in [0.3, 0.4) is 0 Å². The van der Waals surface area contributed by atoms with Gasteiger partial charge >= 0.3 is 0 Å². The first-order chi connectivity index (χ1) is 17.0. The van der Waals surface area contributed by atoms with Crippen LogP contribution in [0.5, 0.6) is 0 Å². The van der Waals surface area contributed by atoms with Gasteiger partial charge in [-0.15, -0.1) is 0 Å². The Bertz CT molecular complexity index is 1360. The lowest BCUT2D eigenvalue weighted by molar-refractivity contribution is 0.0664. The Labute approximate surface area is 213 Å². The second-order valence-corrected chi connectivity index (χ2v) is 13.9. The Morgan fingerprint density at radius 3 is 2.17 bits per heavy atom. The highest BCUT2D eigenvalue weighted by molar-refractivity contribution is 7.92. The van der Waals surface area contributed by atoms with Gasteiger partial charge in [0.2, 0.25) is 10.0 Å². The molecular formula is C29H34N2O4S. The van der Waals surface area contributed by atoms with E-state index in [-0.39, 0.29) is 22.5 Å². The van der Waals surface area contributed by atoms with E-state index < -0.39 is 10.0 Å². The number of rotatable bonds is 5. The minimum absolute atomic E-state index is 0.0999. The average molecular weight is 507 g/mol. The molecule has 2 aromatic carbocycles. The van der Waals surface area contributed by atoms with Crippen molar-refractivity contribution in [2.24, 2.45) is 10.8 Å². The number of amides is 1. The maximum Gasteiger partial charge on any atom is 0.258 e. The minimum Gasteiger partial charge on any atom is -0.307 e. The topological polar surface area (TPSA) is 83.6 Å². The van der Waals surface area contributed by atoms with Gasteiger partial charge in [-0.3, -0.25) is 14.3 Å². The number of nitrogens with one attached hydrogen (secondary N) is 1. The van der Waals surface area contributed by atoms with E-state index in [2.05, 4.69) is 4.72 Å². The van der Waals surface area contributed by atoms with Crippen molar-refractivity contribution < 1.29 is 18.0 Å². The van der Waals surface area contributed by atoms with E-state index >= 15 is 0 Å². The summed E-state index contributed by atoms with van der Waals surface area (Å²) in [7, 11) is -3.40. The monoisotopic (exact) mass is 506 g/mol. The molecular weight excluding hydrogens is 472 g/mol. The van der Waals surface area contributed by atoms with Gasteiger partial charge < -0.3 is 4.90 Å². The van der Waals surface area contributed by atoms with Crippen molar-refractivity contribution in [1.82, 2.24) is 0 Å². The fourth-order valence-electron chi connectivity index (χ4n) is 6.72. The van der Waals surface area contributed by atoms with Crippen molar-refractivity contribution in [3.8, 4) is 0 Å². The van der Waals surface area contributed by atoms with E-state index in [0.717, 1.165) is 62.5 Å². The van der Waals surface area contributed by atoms with Gasteiger partial charge in [-0.25, -0.2) is 8.42 Å². The molecule has 190 valence electrons. The normalized spacial score (nSPS) is 22.7. The predicted molar refractivity (Wildman–Crippen MR) is 141 cm³/mol. The Balaban J connectivity index is 1.34. The van der Waals surface area contributed by atoms with Gasteiger partial charge in [0.15, 0.2) is 5.78 Å². The van der Waals surface area contributed by atoms with Crippen LogP contribution < -0.4 is 9.62 Å². The molecule has 4 aliphatic rings.